The molecule has 0 atom stereocenters. The molecule has 6 heteroatoms. The SMILES string of the molecule is CN1C(CNCCO[Si](C)(C)C(C)(C)C)=CCN1Br. The Morgan fingerprint density at radius 2 is 2.05 bits per heavy atom. The van der Waals surface area contributed by atoms with Crippen molar-refractivity contribution in [3.05, 3.63) is 11.8 Å². The van der Waals surface area contributed by atoms with E-state index in [0.29, 0.717) is 0 Å². The molecule has 0 aliphatic carbocycles. The average molecular weight is 350 g/mol. The Kier molecular flexibility index (Phi) is 6.07. The van der Waals surface area contributed by atoms with E-state index in [1.165, 1.54) is 5.70 Å². The molecule has 0 saturated carbocycles. The summed E-state index contributed by atoms with van der Waals surface area (Å²) in [6, 6.07) is 0. The summed E-state index contributed by atoms with van der Waals surface area (Å²) in [6.07, 6.45) is 2.22. The molecule has 0 saturated heterocycles. The van der Waals surface area contributed by atoms with Gasteiger partial charge in [0.05, 0.1) is 6.54 Å². The zero-order chi connectivity index (χ0) is 14.7. The zero-order valence-corrected chi connectivity index (χ0v) is 15.7. The van der Waals surface area contributed by atoms with E-state index in [9.17, 15) is 0 Å². The number of nitrogens with one attached hydrogen (secondary N) is 1. The Morgan fingerprint density at radius 3 is 2.53 bits per heavy atom. The number of nitrogens with zero attached hydrogens (tertiary/aromatic N) is 2. The molecule has 112 valence electrons. The highest BCUT2D eigenvalue weighted by Crippen LogP contribution is 2.36. The Bertz CT molecular complexity index is 328. The van der Waals surface area contributed by atoms with Gasteiger partial charge in [-0.3, -0.25) is 0 Å². The van der Waals surface area contributed by atoms with Crippen LogP contribution in [0.2, 0.25) is 18.1 Å². The largest absolute Gasteiger partial charge is 0.416 e. The number of hydrogen-bond acceptors (Lipinski definition) is 4. The van der Waals surface area contributed by atoms with E-state index in [1.54, 1.807) is 0 Å². The molecule has 19 heavy (non-hydrogen) atoms. The van der Waals surface area contributed by atoms with Gasteiger partial charge in [-0.25, -0.2) is 0 Å². The van der Waals surface area contributed by atoms with Gasteiger partial charge in [0.15, 0.2) is 8.32 Å². The summed E-state index contributed by atoms with van der Waals surface area (Å²) in [6.45, 7) is 14.9. The van der Waals surface area contributed by atoms with Crippen molar-refractivity contribution in [3.8, 4) is 0 Å². The number of rotatable bonds is 6. The lowest BCUT2D eigenvalue weighted by molar-refractivity contribution is 0.200. The van der Waals surface area contributed by atoms with Gasteiger partial charge in [0.2, 0.25) is 0 Å². The maximum absolute atomic E-state index is 6.13. The number of hydrogen-bond donors (Lipinski definition) is 1. The van der Waals surface area contributed by atoms with Crippen LogP contribution in [-0.4, -0.2) is 50.7 Å². The molecule has 1 heterocycles. The fourth-order valence-electron chi connectivity index (χ4n) is 1.57. The molecule has 0 bridgehead atoms. The van der Waals surface area contributed by atoms with E-state index in [-0.39, 0.29) is 5.04 Å². The molecule has 0 spiro atoms. The van der Waals surface area contributed by atoms with Crippen LogP contribution >= 0.6 is 16.1 Å². The van der Waals surface area contributed by atoms with E-state index in [2.05, 4.69) is 73.5 Å². The minimum Gasteiger partial charge on any atom is -0.416 e. The van der Waals surface area contributed by atoms with Crippen LogP contribution in [0.4, 0.5) is 0 Å². The van der Waals surface area contributed by atoms with E-state index < -0.39 is 8.32 Å². The van der Waals surface area contributed by atoms with Crippen molar-refractivity contribution >= 4 is 24.5 Å². The molecular formula is C13H28BrN3OSi. The maximum atomic E-state index is 6.13. The summed E-state index contributed by atoms with van der Waals surface area (Å²) in [5.41, 5.74) is 1.30. The number of halogens is 1. The average Bonchev–Trinajstić information content (AvgIpc) is 2.58. The van der Waals surface area contributed by atoms with Crippen molar-refractivity contribution in [2.24, 2.45) is 0 Å². The van der Waals surface area contributed by atoms with Gasteiger partial charge in [0.25, 0.3) is 0 Å². The van der Waals surface area contributed by atoms with Crippen LogP contribution in [0.3, 0.4) is 0 Å². The highest BCUT2D eigenvalue weighted by Gasteiger charge is 2.36. The van der Waals surface area contributed by atoms with Gasteiger partial charge in [-0.15, -0.1) is 0 Å². The number of likely N-dealkylation sites (N-methyl/N-ethyl adjacent to an activating group) is 1. The summed E-state index contributed by atoms with van der Waals surface area (Å²) in [5, 5.41) is 5.84. The Balaban J connectivity index is 2.19. The van der Waals surface area contributed by atoms with E-state index in [0.717, 1.165) is 26.2 Å². The van der Waals surface area contributed by atoms with Gasteiger partial charge in [-0.2, -0.15) is 4.03 Å². The minimum atomic E-state index is -1.59. The standard InChI is InChI=1S/C13H28BrN3OSi/c1-13(2,3)19(5,6)18-10-8-15-11-12-7-9-17(14)16(12)4/h7,15H,8-11H2,1-6H3. The predicted octanol–water partition coefficient (Wildman–Crippen LogP) is 2.95. The summed E-state index contributed by atoms with van der Waals surface area (Å²) < 4.78 is 8.14. The van der Waals surface area contributed by atoms with Crippen LogP contribution in [0.1, 0.15) is 20.8 Å². The summed E-state index contributed by atoms with van der Waals surface area (Å²) in [4.78, 5) is 0. The summed E-state index contributed by atoms with van der Waals surface area (Å²) in [5.74, 6) is 0. The Hall–Kier alpha value is 0.117. The Labute approximate surface area is 127 Å². The molecule has 0 radical (unpaired) electrons. The van der Waals surface area contributed by atoms with Gasteiger partial charge < -0.3 is 14.8 Å². The molecular weight excluding hydrogens is 322 g/mol. The summed E-state index contributed by atoms with van der Waals surface area (Å²) in [7, 11) is 0.465. The van der Waals surface area contributed by atoms with Crippen LogP contribution in [0.15, 0.2) is 11.8 Å². The smallest absolute Gasteiger partial charge is 0.192 e. The lowest BCUT2D eigenvalue weighted by Crippen LogP contribution is -2.42. The van der Waals surface area contributed by atoms with Crippen molar-refractivity contribution in [1.29, 1.82) is 0 Å². The molecule has 1 aliphatic heterocycles. The van der Waals surface area contributed by atoms with Crippen LogP contribution in [-0.2, 0) is 4.43 Å². The van der Waals surface area contributed by atoms with Crippen molar-refractivity contribution in [2.75, 3.05) is 33.3 Å². The molecule has 0 amide bonds. The normalized spacial score (nSPS) is 18.1. The highest BCUT2D eigenvalue weighted by atomic mass is 79.9. The van der Waals surface area contributed by atoms with Crippen LogP contribution in [0.5, 0.6) is 0 Å². The van der Waals surface area contributed by atoms with Gasteiger partial charge in [-0.05, 0) is 24.2 Å². The van der Waals surface area contributed by atoms with Crippen molar-refractivity contribution < 1.29 is 4.43 Å². The zero-order valence-electron chi connectivity index (χ0n) is 13.1. The van der Waals surface area contributed by atoms with Crippen molar-refractivity contribution in [2.45, 2.75) is 38.9 Å². The van der Waals surface area contributed by atoms with E-state index in [1.807, 2.05) is 4.03 Å². The van der Waals surface area contributed by atoms with Gasteiger partial charge >= 0.3 is 0 Å². The van der Waals surface area contributed by atoms with E-state index in [4.69, 9.17) is 4.43 Å². The van der Waals surface area contributed by atoms with Crippen molar-refractivity contribution in [3.63, 3.8) is 0 Å². The second-order valence-electron chi connectivity index (χ2n) is 6.52. The molecule has 0 aromatic rings. The van der Waals surface area contributed by atoms with Crippen LogP contribution in [0.25, 0.3) is 0 Å². The van der Waals surface area contributed by atoms with E-state index >= 15 is 0 Å². The predicted molar refractivity (Wildman–Crippen MR) is 87.5 cm³/mol. The molecule has 1 aliphatic rings. The lowest BCUT2D eigenvalue weighted by atomic mass is 10.2. The first-order valence-corrected chi connectivity index (χ1v) is 10.5. The first-order valence-electron chi connectivity index (χ1n) is 6.86. The quantitative estimate of drug-likeness (QED) is 0.453. The molecule has 0 aromatic heterocycles. The van der Waals surface area contributed by atoms with Gasteiger partial charge in [-0.1, -0.05) is 20.8 Å². The third kappa shape index (κ3) is 4.86. The lowest BCUT2D eigenvalue weighted by Gasteiger charge is -2.36. The second kappa shape index (κ2) is 6.71. The molecule has 4 nitrogen and oxygen atoms in total. The fraction of sp³-hybridized carbons (Fsp3) is 0.846. The van der Waals surface area contributed by atoms with Gasteiger partial charge in [0.1, 0.15) is 0 Å². The minimum absolute atomic E-state index is 0.289. The van der Waals surface area contributed by atoms with Crippen LogP contribution < -0.4 is 5.32 Å². The summed E-state index contributed by atoms with van der Waals surface area (Å²) >= 11 is 3.47. The first kappa shape index (κ1) is 17.2. The van der Waals surface area contributed by atoms with Crippen LogP contribution in [0, 0.1) is 0 Å². The topological polar surface area (TPSA) is 27.7 Å². The third-order valence-electron chi connectivity index (χ3n) is 4.07. The monoisotopic (exact) mass is 349 g/mol. The molecule has 0 fully saturated rings. The third-order valence-corrected chi connectivity index (χ3v) is 9.38. The highest BCUT2D eigenvalue weighted by molar-refractivity contribution is 9.07. The molecule has 1 N–H and O–H groups in total. The van der Waals surface area contributed by atoms with Gasteiger partial charge in [0, 0.05) is 48.6 Å². The Morgan fingerprint density at radius 1 is 1.42 bits per heavy atom. The molecule has 1 rings (SSSR count). The first-order chi connectivity index (χ1) is 8.65. The second-order valence-corrected chi connectivity index (χ2v) is 12.2. The van der Waals surface area contributed by atoms with Crippen molar-refractivity contribution in [1.82, 2.24) is 14.4 Å². The maximum Gasteiger partial charge on any atom is 0.192 e. The molecule has 0 unspecified atom stereocenters. The fourth-order valence-corrected chi connectivity index (χ4v) is 2.97. The molecule has 0 aromatic carbocycles. The number of hydrazine groups is 1.